The molecule has 0 bridgehead atoms. The van der Waals surface area contributed by atoms with Crippen LogP contribution in [0.25, 0.3) is 0 Å². The Balaban J connectivity index is 2.20. The summed E-state index contributed by atoms with van der Waals surface area (Å²) >= 11 is 0. The van der Waals surface area contributed by atoms with Gasteiger partial charge in [-0.05, 0) is 31.7 Å². The van der Waals surface area contributed by atoms with Gasteiger partial charge in [0.05, 0.1) is 5.41 Å². The van der Waals surface area contributed by atoms with Crippen molar-refractivity contribution in [2.75, 3.05) is 13.1 Å². The topological polar surface area (TPSA) is 75.4 Å². The molecule has 1 aromatic rings. The summed E-state index contributed by atoms with van der Waals surface area (Å²) in [6, 6.07) is 1.81. The van der Waals surface area contributed by atoms with E-state index in [1.807, 2.05) is 20.9 Å². The SMILES string of the molecule is CC(C)c1cc(C(=O)N2CCCC(C)(C(=O)O)C2)nn1C. The van der Waals surface area contributed by atoms with Crippen molar-refractivity contribution in [1.82, 2.24) is 14.7 Å². The summed E-state index contributed by atoms with van der Waals surface area (Å²) in [5.41, 5.74) is 0.538. The fourth-order valence-electron chi connectivity index (χ4n) is 2.88. The van der Waals surface area contributed by atoms with Crippen LogP contribution in [0, 0.1) is 5.41 Å². The van der Waals surface area contributed by atoms with Crippen LogP contribution in [0.5, 0.6) is 0 Å². The zero-order valence-corrected chi connectivity index (χ0v) is 13.1. The predicted molar refractivity (Wildman–Crippen MR) is 78.2 cm³/mol. The van der Waals surface area contributed by atoms with Gasteiger partial charge in [0.2, 0.25) is 0 Å². The molecule has 0 spiro atoms. The number of amides is 1. The van der Waals surface area contributed by atoms with Gasteiger partial charge < -0.3 is 10.0 Å². The highest BCUT2D eigenvalue weighted by atomic mass is 16.4. The van der Waals surface area contributed by atoms with Crippen LogP contribution in [0.2, 0.25) is 0 Å². The lowest BCUT2D eigenvalue weighted by Gasteiger charge is -2.37. The van der Waals surface area contributed by atoms with E-state index in [0.717, 1.165) is 5.69 Å². The third-order valence-electron chi connectivity index (χ3n) is 4.23. The molecule has 1 unspecified atom stereocenters. The van der Waals surface area contributed by atoms with Crippen molar-refractivity contribution in [3.05, 3.63) is 17.5 Å². The lowest BCUT2D eigenvalue weighted by molar-refractivity contribution is -0.150. The quantitative estimate of drug-likeness (QED) is 0.923. The first kappa shape index (κ1) is 15.5. The van der Waals surface area contributed by atoms with E-state index in [0.29, 0.717) is 25.1 Å². The number of hydrogen-bond acceptors (Lipinski definition) is 3. The van der Waals surface area contributed by atoms with Crippen molar-refractivity contribution >= 4 is 11.9 Å². The van der Waals surface area contributed by atoms with Gasteiger partial charge in [0, 0.05) is 25.8 Å². The number of nitrogens with zero attached hydrogens (tertiary/aromatic N) is 3. The van der Waals surface area contributed by atoms with Gasteiger partial charge in [-0.15, -0.1) is 0 Å². The van der Waals surface area contributed by atoms with Gasteiger partial charge in [0.1, 0.15) is 0 Å². The zero-order chi connectivity index (χ0) is 15.8. The molecule has 1 aromatic heterocycles. The first-order chi connectivity index (χ1) is 9.74. The first-order valence-electron chi connectivity index (χ1n) is 7.31. The molecule has 1 fully saturated rings. The van der Waals surface area contributed by atoms with Gasteiger partial charge >= 0.3 is 5.97 Å². The molecule has 0 aliphatic carbocycles. The van der Waals surface area contributed by atoms with Crippen LogP contribution in [0.15, 0.2) is 6.07 Å². The molecule has 116 valence electrons. The lowest BCUT2D eigenvalue weighted by Crippen LogP contribution is -2.48. The standard InChI is InChI=1S/C15H23N3O3/c1-10(2)12-8-11(16-17(12)4)13(19)18-7-5-6-15(3,9-18)14(20)21/h8,10H,5-7,9H2,1-4H3,(H,20,21). The largest absolute Gasteiger partial charge is 0.481 e. The molecule has 0 saturated carbocycles. The molecule has 1 aliphatic rings. The van der Waals surface area contributed by atoms with Crippen LogP contribution in [0.1, 0.15) is 55.7 Å². The Labute approximate surface area is 124 Å². The number of carboxylic acid groups (broad SMARTS) is 1. The van der Waals surface area contributed by atoms with Gasteiger partial charge in [-0.2, -0.15) is 5.10 Å². The van der Waals surface area contributed by atoms with E-state index >= 15 is 0 Å². The summed E-state index contributed by atoms with van der Waals surface area (Å²) in [6.07, 6.45) is 1.31. The predicted octanol–water partition coefficient (Wildman–Crippen LogP) is 1.87. The van der Waals surface area contributed by atoms with Crippen molar-refractivity contribution < 1.29 is 14.7 Å². The van der Waals surface area contributed by atoms with E-state index in [1.165, 1.54) is 0 Å². The van der Waals surface area contributed by atoms with Crippen molar-refractivity contribution in [3.8, 4) is 0 Å². The average molecular weight is 293 g/mol. The highest BCUT2D eigenvalue weighted by Crippen LogP contribution is 2.30. The number of carboxylic acids is 1. The normalized spacial score (nSPS) is 22.6. The average Bonchev–Trinajstić information content (AvgIpc) is 2.80. The van der Waals surface area contributed by atoms with E-state index < -0.39 is 11.4 Å². The number of piperidine rings is 1. The Bertz CT molecular complexity index is 565. The third kappa shape index (κ3) is 2.94. The third-order valence-corrected chi connectivity index (χ3v) is 4.23. The van der Waals surface area contributed by atoms with Crippen LogP contribution in [0.3, 0.4) is 0 Å². The van der Waals surface area contributed by atoms with Crippen LogP contribution < -0.4 is 0 Å². The Hall–Kier alpha value is -1.85. The molecule has 0 radical (unpaired) electrons. The number of aromatic nitrogens is 2. The molecule has 1 N–H and O–H groups in total. The summed E-state index contributed by atoms with van der Waals surface area (Å²) in [6.45, 7) is 6.64. The summed E-state index contributed by atoms with van der Waals surface area (Å²) in [4.78, 5) is 25.5. The molecule has 1 atom stereocenters. The molecule has 2 rings (SSSR count). The Morgan fingerprint density at radius 2 is 2.10 bits per heavy atom. The zero-order valence-electron chi connectivity index (χ0n) is 13.1. The number of carbonyl (C=O) groups excluding carboxylic acids is 1. The van der Waals surface area contributed by atoms with Crippen molar-refractivity contribution in [3.63, 3.8) is 0 Å². The fourth-order valence-corrected chi connectivity index (χ4v) is 2.88. The maximum Gasteiger partial charge on any atom is 0.311 e. The van der Waals surface area contributed by atoms with Gasteiger partial charge in [-0.25, -0.2) is 0 Å². The monoisotopic (exact) mass is 293 g/mol. The number of aliphatic carboxylic acids is 1. The Morgan fingerprint density at radius 1 is 1.43 bits per heavy atom. The van der Waals surface area contributed by atoms with Gasteiger partial charge in [0.25, 0.3) is 5.91 Å². The second-order valence-corrected chi connectivity index (χ2v) is 6.43. The lowest BCUT2D eigenvalue weighted by atomic mass is 9.82. The molecule has 1 aliphatic heterocycles. The highest BCUT2D eigenvalue weighted by molar-refractivity contribution is 5.93. The maximum absolute atomic E-state index is 12.6. The molecule has 1 amide bonds. The van der Waals surface area contributed by atoms with Crippen molar-refractivity contribution in [2.24, 2.45) is 12.5 Å². The second kappa shape index (κ2) is 5.50. The molecule has 21 heavy (non-hydrogen) atoms. The maximum atomic E-state index is 12.6. The van der Waals surface area contributed by atoms with E-state index in [4.69, 9.17) is 0 Å². The molecule has 1 saturated heterocycles. The van der Waals surface area contributed by atoms with Crippen LogP contribution in [-0.2, 0) is 11.8 Å². The minimum atomic E-state index is -0.858. The van der Waals surface area contributed by atoms with E-state index in [-0.39, 0.29) is 18.4 Å². The molecule has 0 aromatic carbocycles. The van der Waals surface area contributed by atoms with Gasteiger partial charge in [-0.1, -0.05) is 13.8 Å². The number of rotatable bonds is 3. The number of hydrogen-bond donors (Lipinski definition) is 1. The van der Waals surface area contributed by atoms with E-state index in [1.54, 1.807) is 22.6 Å². The summed E-state index contributed by atoms with van der Waals surface area (Å²) in [5.74, 6) is -0.733. The van der Waals surface area contributed by atoms with E-state index in [2.05, 4.69) is 5.10 Å². The Morgan fingerprint density at radius 3 is 2.62 bits per heavy atom. The number of carbonyl (C=O) groups is 2. The smallest absolute Gasteiger partial charge is 0.311 e. The van der Waals surface area contributed by atoms with Gasteiger partial charge in [-0.3, -0.25) is 14.3 Å². The van der Waals surface area contributed by atoms with Crippen molar-refractivity contribution in [2.45, 2.75) is 39.5 Å². The second-order valence-electron chi connectivity index (χ2n) is 6.43. The molecular weight excluding hydrogens is 270 g/mol. The highest BCUT2D eigenvalue weighted by Gasteiger charge is 2.40. The van der Waals surface area contributed by atoms with E-state index in [9.17, 15) is 14.7 Å². The Kier molecular flexibility index (Phi) is 4.07. The van der Waals surface area contributed by atoms with Crippen LogP contribution >= 0.6 is 0 Å². The first-order valence-corrected chi connectivity index (χ1v) is 7.31. The summed E-state index contributed by atoms with van der Waals surface area (Å²) in [7, 11) is 1.82. The van der Waals surface area contributed by atoms with Crippen LogP contribution in [-0.4, -0.2) is 44.8 Å². The fraction of sp³-hybridized carbons (Fsp3) is 0.667. The number of likely N-dealkylation sites (tertiary alicyclic amines) is 1. The van der Waals surface area contributed by atoms with Gasteiger partial charge in [0.15, 0.2) is 5.69 Å². The summed E-state index contributed by atoms with van der Waals surface area (Å²) in [5, 5.41) is 13.6. The number of aryl methyl sites for hydroxylation is 1. The molecule has 6 heteroatoms. The minimum Gasteiger partial charge on any atom is -0.481 e. The van der Waals surface area contributed by atoms with Crippen LogP contribution in [0.4, 0.5) is 0 Å². The molecule has 6 nitrogen and oxygen atoms in total. The van der Waals surface area contributed by atoms with Crippen molar-refractivity contribution in [1.29, 1.82) is 0 Å². The summed E-state index contributed by atoms with van der Waals surface area (Å²) < 4.78 is 1.72. The molecule has 2 heterocycles. The molecular formula is C15H23N3O3. The minimum absolute atomic E-state index is 0.176.